The lowest BCUT2D eigenvalue weighted by Gasteiger charge is -2.06. The molecule has 7 nitrogen and oxygen atoms in total. The zero-order valence-corrected chi connectivity index (χ0v) is 17.3. The van der Waals surface area contributed by atoms with Gasteiger partial charge in [-0.15, -0.1) is 11.3 Å². The summed E-state index contributed by atoms with van der Waals surface area (Å²) >= 11 is 1.79. The minimum atomic E-state index is -3.54. The number of hydrogen-bond donors (Lipinski definition) is 1. The summed E-state index contributed by atoms with van der Waals surface area (Å²) < 4.78 is 25.4. The number of rotatable bonds is 6. The highest BCUT2D eigenvalue weighted by Gasteiger charge is 2.22. The number of nitrogens with one attached hydrogen (secondary N) is 1. The molecule has 28 heavy (non-hydrogen) atoms. The number of pyridine rings is 1. The molecule has 0 atom stereocenters. The molecule has 0 bridgehead atoms. The Morgan fingerprint density at radius 2 is 2.07 bits per heavy atom. The first-order valence-electron chi connectivity index (χ1n) is 9.36. The fraction of sp³-hybridized carbons (Fsp3) is 0.421. The predicted octanol–water partition coefficient (Wildman–Crippen LogP) is 2.44. The molecule has 0 aliphatic heterocycles. The number of fused-ring (bicyclic) bond motifs is 2. The fourth-order valence-corrected chi connectivity index (χ4v) is 5.45. The molecule has 9 heteroatoms. The van der Waals surface area contributed by atoms with Crippen molar-refractivity contribution in [2.24, 2.45) is 0 Å². The lowest BCUT2D eigenvalue weighted by Crippen LogP contribution is -2.25. The number of aromatic nitrogens is 3. The zero-order chi connectivity index (χ0) is 19.7. The molecule has 148 valence electrons. The summed E-state index contributed by atoms with van der Waals surface area (Å²) in [7, 11) is -3.54. The van der Waals surface area contributed by atoms with Gasteiger partial charge in [0.25, 0.3) is 5.91 Å². The fourth-order valence-electron chi connectivity index (χ4n) is 3.48. The second-order valence-electron chi connectivity index (χ2n) is 7.02. The van der Waals surface area contributed by atoms with Crippen LogP contribution in [0.4, 0.5) is 0 Å². The average molecular weight is 419 g/mol. The van der Waals surface area contributed by atoms with Crippen molar-refractivity contribution >= 4 is 32.6 Å². The van der Waals surface area contributed by atoms with E-state index in [1.54, 1.807) is 35.7 Å². The Kier molecular flexibility index (Phi) is 5.20. The number of hydrogen-bond acceptors (Lipinski definition) is 6. The Morgan fingerprint density at radius 1 is 1.25 bits per heavy atom. The van der Waals surface area contributed by atoms with Gasteiger partial charge in [-0.2, -0.15) is 0 Å². The van der Waals surface area contributed by atoms with Crippen LogP contribution in [0, 0.1) is 0 Å². The van der Waals surface area contributed by atoms with Gasteiger partial charge in [0, 0.05) is 30.3 Å². The molecule has 1 amide bonds. The molecule has 4 rings (SSSR count). The van der Waals surface area contributed by atoms with Crippen molar-refractivity contribution in [2.75, 3.05) is 12.8 Å². The van der Waals surface area contributed by atoms with Gasteiger partial charge in [0.1, 0.15) is 0 Å². The number of amides is 1. The van der Waals surface area contributed by atoms with Crippen molar-refractivity contribution in [3.8, 4) is 0 Å². The quantitative estimate of drug-likeness (QED) is 0.621. The van der Waals surface area contributed by atoms with Gasteiger partial charge in [-0.25, -0.2) is 18.4 Å². The van der Waals surface area contributed by atoms with E-state index in [1.165, 1.54) is 27.8 Å². The molecule has 1 aliphatic carbocycles. The first-order valence-corrected chi connectivity index (χ1v) is 12.1. The number of thiazole rings is 1. The average Bonchev–Trinajstić information content (AvgIpc) is 3.26. The van der Waals surface area contributed by atoms with Crippen molar-refractivity contribution in [3.05, 3.63) is 45.7 Å². The van der Waals surface area contributed by atoms with E-state index in [4.69, 9.17) is 4.98 Å². The first kappa shape index (κ1) is 19.1. The molecule has 0 saturated heterocycles. The van der Waals surface area contributed by atoms with Gasteiger partial charge in [0.05, 0.1) is 16.2 Å². The van der Waals surface area contributed by atoms with Gasteiger partial charge in [-0.1, -0.05) is 6.07 Å². The van der Waals surface area contributed by atoms with Crippen LogP contribution in [0.2, 0.25) is 0 Å². The van der Waals surface area contributed by atoms with Crippen molar-refractivity contribution in [1.29, 1.82) is 0 Å². The van der Waals surface area contributed by atoms with E-state index in [2.05, 4.69) is 10.3 Å². The van der Waals surface area contributed by atoms with E-state index in [0.29, 0.717) is 12.1 Å². The summed E-state index contributed by atoms with van der Waals surface area (Å²) in [6.45, 7) is 0.489. The topological polar surface area (TPSA) is 93.4 Å². The smallest absolute Gasteiger partial charge is 0.272 e. The molecule has 0 saturated carbocycles. The van der Waals surface area contributed by atoms with Gasteiger partial charge in [0.2, 0.25) is 15.0 Å². The van der Waals surface area contributed by atoms with E-state index in [9.17, 15) is 13.2 Å². The highest BCUT2D eigenvalue weighted by molar-refractivity contribution is 7.90. The third-order valence-electron chi connectivity index (χ3n) is 4.81. The number of sulfone groups is 1. The molecule has 0 fully saturated rings. The van der Waals surface area contributed by atoms with E-state index >= 15 is 0 Å². The third-order valence-corrected chi connectivity index (χ3v) is 6.97. The molecule has 3 heterocycles. The van der Waals surface area contributed by atoms with Crippen LogP contribution >= 0.6 is 11.3 Å². The maximum absolute atomic E-state index is 12.6. The molecular weight excluding hydrogens is 396 g/mol. The van der Waals surface area contributed by atoms with Gasteiger partial charge in [-0.3, -0.25) is 9.20 Å². The van der Waals surface area contributed by atoms with Gasteiger partial charge in [-0.05, 0) is 44.2 Å². The Labute approximate surface area is 167 Å². The van der Waals surface area contributed by atoms with E-state index in [-0.39, 0.29) is 16.8 Å². The summed E-state index contributed by atoms with van der Waals surface area (Å²) in [6.07, 6.45) is 8.99. The highest BCUT2D eigenvalue weighted by atomic mass is 32.2. The summed E-state index contributed by atoms with van der Waals surface area (Å²) in [5.74, 6) is -0.364. The minimum Gasteiger partial charge on any atom is -0.351 e. The summed E-state index contributed by atoms with van der Waals surface area (Å²) in [6, 6.07) is 5.15. The van der Waals surface area contributed by atoms with Crippen LogP contribution in [0.3, 0.4) is 0 Å². The molecule has 1 N–H and O–H groups in total. The molecule has 1 aliphatic rings. The third kappa shape index (κ3) is 3.81. The Hall–Kier alpha value is -2.26. The van der Waals surface area contributed by atoms with Crippen LogP contribution in [0.15, 0.2) is 29.6 Å². The Bertz CT molecular complexity index is 1110. The summed E-state index contributed by atoms with van der Waals surface area (Å²) in [4.78, 5) is 22.8. The monoisotopic (exact) mass is 418 g/mol. The maximum atomic E-state index is 12.6. The lowest BCUT2D eigenvalue weighted by atomic mass is 10.0. The van der Waals surface area contributed by atoms with Gasteiger partial charge < -0.3 is 5.32 Å². The minimum absolute atomic E-state index is 0.124. The van der Waals surface area contributed by atoms with Crippen LogP contribution in [0.5, 0.6) is 0 Å². The van der Waals surface area contributed by atoms with Crippen molar-refractivity contribution in [2.45, 2.75) is 43.7 Å². The van der Waals surface area contributed by atoms with Crippen molar-refractivity contribution < 1.29 is 13.2 Å². The highest BCUT2D eigenvalue weighted by Crippen LogP contribution is 2.27. The Balaban J connectivity index is 1.41. The predicted molar refractivity (Wildman–Crippen MR) is 108 cm³/mol. The number of carbonyl (C=O) groups is 1. The zero-order valence-electron chi connectivity index (χ0n) is 15.6. The van der Waals surface area contributed by atoms with Crippen LogP contribution in [0.25, 0.3) is 5.52 Å². The summed E-state index contributed by atoms with van der Waals surface area (Å²) in [5, 5.41) is 3.86. The second-order valence-corrected chi connectivity index (χ2v) is 10.1. The first-order chi connectivity index (χ1) is 13.4. The lowest BCUT2D eigenvalue weighted by molar-refractivity contribution is 0.0950. The van der Waals surface area contributed by atoms with Crippen LogP contribution < -0.4 is 5.32 Å². The van der Waals surface area contributed by atoms with Crippen molar-refractivity contribution in [3.63, 3.8) is 0 Å². The van der Waals surface area contributed by atoms with Gasteiger partial charge in [0.15, 0.2) is 5.69 Å². The van der Waals surface area contributed by atoms with Gasteiger partial charge >= 0.3 is 0 Å². The van der Waals surface area contributed by atoms with Crippen LogP contribution in [-0.4, -0.2) is 41.5 Å². The molecule has 0 aromatic carbocycles. The molecule has 0 spiro atoms. The number of carbonyl (C=O) groups excluding carboxylic acids is 1. The normalized spacial score (nSPS) is 14.2. The molecule has 0 radical (unpaired) electrons. The van der Waals surface area contributed by atoms with E-state index in [1.807, 2.05) is 0 Å². The van der Waals surface area contributed by atoms with Crippen molar-refractivity contribution in [1.82, 2.24) is 19.7 Å². The number of nitrogens with zero attached hydrogens (tertiary/aromatic N) is 3. The maximum Gasteiger partial charge on any atom is 0.272 e. The van der Waals surface area contributed by atoms with E-state index < -0.39 is 9.84 Å². The molecule has 0 unspecified atom stereocenters. The standard InChI is InChI=1S/C19H22N4O3S2/c1-28(25,26)19-22-17(14-8-4-5-12-23(14)19)18(24)20-11-6-10-16-21-13-7-2-3-9-15(13)27-16/h4-5,8,12H,2-3,6-7,9-11H2,1H3,(H,20,24). The number of aryl methyl sites for hydroxylation is 3. The van der Waals surface area contributed by atoms with Crippen LogP contribution in [-0.2, 0) is 29.1 Å². The van der Waals surface area contributed by atoms with E-state index in [0.717, 1.165) is 36.9 Å². The molecule has 3 aromatic rings. The Morgan fingerprint density at radius 3 is 2.86 bits per heavy atom. The SMILES string of the molecule is CS(=O)(=O)c1nc(C(=O)NCCCc2nc3c(s2)CCCC3)c2ccccn12. The largest absolute Gasteiger partial charge is 0.351 e. The molecule has 3 aromatic heterocycles. The summed E-state index contributed by atoms with van der Waals surface area (Å²) in [5.41, 5.74) is 1.87. The van der Waals surface area contributed by atoms with Crippen LogP contribution in [0.1, 0.15) is 45.3 Å². The second kappa shape index (κ2) is 7.63. The number of imidazole rings is 1. The molecular formula is C19H22N4O3S2.